The standard InChI is InChI=1S/C21H37N3O3/c1-6-22-21(23-12-11-20(16(3)4)26-7-2)24-14-18(25)15-27-19-10-8-9-17(5)13-19/h8-10,13,16,18,20,25H,6-7,11-12,14-15H2,1-5H3,(H2,22,23,24). The second-order valence-corrected chi connectivity index (χ2v) is 6.95. The van der Waals surface area contributed by atoms with Crippen molar-refractivity contribution in [2.24, 2.45) is 10.9 Å². The van der Waals surface area contributed by atoms with Gasteiger partial charge >= 0.3 is 0 Å². The Hall–Kier alpha value is -1.79. The first-order valence-electron chi connectivity index (χ1n) is 9.97. The molecule has 0 fully saturated rings. The number of nitrogens with one attached hydrogen (secondary N) is 2. The lowest BCUT2D eigenvalue weighted by atomic mass is 10.0. The molecule has 0 bridgehead atoms. The number of aliphatic imine (C=N–C) groups is 1. The maximum atomic E-state index is 10.1. The highest BCUT2D eigenvalue weighted by Crippen LogP contribution is 2.12. The number of guanidine groups is 1. The zero-order valence-electron chi connectivity index (χ0n) is 17.5. The summed E-state index contributed by atoms with van der Waals surface area (Å²) >= 11 is 0. The predicted molar refractivity (Wildman–Crippen MR) is 112 cm³/mol. The summed E-state index contributed by atoms with van der Waals surface area (Å²) in [6.07, 6.45) is 0.487. The minimum Gasteiger partial charge on any atom is -0.491 e. The van der Waals surface area contributed by atoms with E-state index in [1.807, 2.05) is 45.0 Å². The van der Waals surface area contributed by atoms with E-state index in [1.165, 1.54) is 0 Å². The lowest BCUT2D eigenvalue weighted by molar-refractivity contribution is 0.0258. The van der Waals surface area contributed by atoms with Crippen molar-refractivity contribution in [2.45, 2.75) is 53.2 Å². The molecule has 0 spiro atoms. The molecular weight excluding hydrogens is 342 g/mol. The fourth-order valence-corrected chi connectivity index (χ4v) is 2.64. The normalized spacial score (nSPS) is 14.1. The third kappa shape index (κ3) is 10.2. The average molecular weight is 380 g/mol. The van der Waals surface area contributed by atoms with Gasteiger partial charge in [0.15, 0.2) is 5.96 Å². The first kappa shape index (κ1) is 23.2. The summed E-state index contributed by atoms with van der Waals surface area (Å²) in [4.78, 5) is 4.45. The number of rotatable bonds is 12. The maximum absolute atomic E-state index is 10.1. The second-order valence-electron chi connectivity index (χ2n) is 6.95. The summed E-state index contributed by atoms with van der Waals surface area (Å²) in [5.41, 5.74) is 1.13. The molecule has 0 radical (unpaired) electrons. The molecule has 154 valence electrons. The van der Waals surface area contributed by atoms with E-state index in [0.717, 1.165) is 37.4 Å². The van der Waals surface area contributed by atoms with Gasteiger partial charge < -0.3 is 25.2 Å². The Balaban J connectivity index is 2.42. The van der Waals surface area contributed by atoms with E-state index < -0.39 is 6.10 Å². The molecule has 3 N–H and O–H groups in total. The lowest BCUT2D eigenvalue weighted by Crippen LogP contribution is -2.40. The predicted octanol–water partition coefficient (Wildman–Crippen LogP) is 2.74. The highest BCUT2D eigenvalue weighted by Gasteiger charge is 2.13. The highest BCUT2D eigenvalue weighted by atomic mass is 16.5. The van der Waals surface area contributed by atoms with E-state index in [4.69, 9.17) is 9.47 Å². The van der Waals surface area contributed by atoms with E-state index in [1.54, 1.807) is 0 Å². The SMILES string of the molecule is CCNC(=NCC(O)COc1cccc(C)c1)NCCC(OCC)C(C)C. The van der Waals surface area contributed by atoms with Crippen molar-refractivity contribution in [3.8, 4) is 5.75 Å². The summed E-state index contributed by atoms with van der Waals surface area (Å²) < 4.78 is 11.4. The topological polar surface area (TPSA) is 75.1 Å². The Morgan fingerprint density at radius 1 is 1.22 bits per heavy atom. The largest absolute Gasteiger partial charge is 0.491 e. The van der Waals surface area contributed by atoms with Crippen LogP contribution in [0.5, 0.6) is 5.75 Å². The average Bonchev–Trinajstić information content (AvgIpc) is 2.63. The summed E-state index contributed by atoms with van der Waals surface area (Å²) in [7, 11) is 0. The molecule has 0 heterocycles. The smallest absolute Gasteiger partial charge is 0.191 e. The van der Waals surface area contributed by atoms with E-state index in [-0.39, 0.29) is 19.3 Å². The monoisotopic (exact) mass is 379 g/mol. The Labute approximate surface area is 164 Å². The maximum Gasteiger partial charge on any atom is 0.191 e. The number of hydrogen-bond donors (Lipinski definition) is 3. The van der Waals surface area contributed by atoms with Gasteiger partial charge in [-0.05, 0) is 50.8 Å². The summed E-state index contributed by atoms with van der Waals surface area (Å²) in [6, 6.07) is 7.79. The molecule has 6 nitrogen and oxygen atoms in total. The second kappa shape index (κ2) is 13.4. The zero-order valence-corrected chi connectivity index (χ0v) is 17.5. The molecular formula is C21H37N3O3. The van der Waals surface area contributed by atoms with Gasteiger partial charge in [-0.25, -0.2) is 0 Å². The molecule has 6 heteroatoms. The van der Waals surface area contributed by atoms with Crippen LogP contribution in [0.25, 0.3) is 0 Å². The molecule has 0 aromatic heterocycles. The summed E-state index contributed by atoms with van der Waals surface area (Å²) in [5.74, 6) is 1.94. The third-order valence-corrected chi connectivity index (χ3v) is 4.08. The van der Waals surface area contributed by atoms with E-state index >= 15 is 0 Å². The Bertz CT molecular complexity index is 549. The van der Waals surface area contributed by atoms with Crippen LogP contribution in [0.2, 0.25) is 0 Å². The summed E-state index contributed by atoms with van der Waals surface area (Å²) in [5, 5.41) is 16.7. The number of hydrogen-bond acceptors (Lipinski definition) is 4. The fourth-order valence-electron chi connectivity index (χ4n) is 2.64. The van der Waals surface area contributed by atoms with Crippen LogP contribution in [0, 0.1) is 12.8 Å². The van der Waals surface area contributed by atoms with Crippen molar-refractivity contribution in [3.05, 3.63) is 29.8 Å². The molecule has 1 aromatic carbocycles. The van der Waals surface area contributed by atoms with Crippen molar-refractivity contribution in [1.29, 1.82) is 0 Å². The Morgan fingerprint density at radius 3 is 2.63 bits per heavy atom. The van der Waals surface area contributed by atoms with Crippen LogP contribution in [-0.4, -0.2) is 56.1 Å². The number of ether oxygens (including phenoxy) is 2. The van der Waals surface area contributed by atoms with E-state index in [2.05, 4.69) is 29.5 Å². The number of aryl methyl sites for hydroxylation is 1. The molecule has 0 saturated heterocycles. The van der Waals surface area contributed by atoms with Crippen molar-refractivity contribution < 1.29 is 14.6 Å². The zero-order chi connectivity index (χ0) is 20.1. The fraction of sp³-hybridized carbons (Fsp3) is 0.667. The summed E-state index contributed by atoms with van der Waals surface area (Å²) in [6.45, 7) is 13.1. The van der Waals surface area contributed by atoms with E-state index in [0.29, 0.717) is 11.9 Å². The van der Waals surface area contributed by atoms with Gasteiger partial charge in [-0.1, -0.05) is 26.0 Å². The van der Waals surface area contributed by atoms with Gasteiger partial charge in [0.1, 0.15) is 18.5 Å². The Kier molecular flexibility index (Phi) is 11.5. The van der Waals surface area contributed by atoms with Crippen LogP contribution in [0.4, 0.5) is 0 Å². The molecule has 0 aliphatic carbocycles. The van der Waals surface area contributed by atoms with Crippen LogP contribution in [0.3, 0.4) is 0 Å². The quantitative estimate of drug-likeness (QED) is 0.385. The molecule has 0 aliphatic heterocycles. The van der Waals surface area contributed by atoms with Gasteiger partial charge in [0.2, 0.25) is 0 Å². The van der Waals surface area contributed by atoms with Crippen molar-refractivity contribution >= 4 is 5.96 Å². The van der Waals surface area contributed by atoms with Gasteiger partial charge in [0.25, 0.3) is 0 Å². The van der Waals surface area contributed by atoms with Gasteiger partial charge in [0.05, 0.1) is 12.6 Å². The number of aliphatic hydroxyl groups is 1. The molecule has 0 amide bonds. The molecule has 0 saturated carbocycles. The highest BCUT2D eigenvalue weighted by molar-refractivity contribution is 5.79. The van der Waals surface area contributed by atoms with Crippen molar-refractivity contribution in [2.75, 3.05) is 32.8 Å². The van der Waals surface area contributed by atoms with E-state index in [9.17, 15) is 5.11 Å². The lowest BCUT2D eigenvalue weighted by Gasteiger charge is -2.21. The first-order chi connectivity index (χ1) is 13.0. The van der Waals surface area contributed by atoms with Crippen LogP contribution >= 0.6 is 0 Å². The van der Waals surface area contributed by atoms with Crippen molar-refractivity contribution in [1.82, 2.24) is 10.6 Å². The van der Waals surface area contributed by atoms with Crippen LogP contribution in [0.1, 0.15) is 39.7 Å². The van der Waals surface area contributed by atoms with Gasteiger partial charge in [0, 0.05) is 19.7 Å². The van der Waals surface area contributed by atoms with Crippen LogP contribution < -0.4 is 15.4 Å². The number of nitrogens with zero attached hydrogens (tertiary/aromatic N) is 1. The van der Waals surface area contributed by atoms with Gasteiger partial charge in [-0.3, -0.25) is 4.99 Å². The van der Waals surface area contributed by atoms with Gasteiger partial charge in [-0.2, -0.15) is 0 Å². The molecule has 2 unspecified atom stereocenters. The first-order valence-corrected chi connectivity index (χ1v) is 9.97. The molecule has 27 heavy (non-hydrogen) atoms. The molecule has 2 atom stereocenters. The van der Waals surface area contributed by atoms with Crippen LogP contribution in [0.15, 0.2) is 29.3 Å². The van der Waals surface area contributed by atoms with Crippen LogP contribution in [-0.2, 0) is 4.74 Å². The van der Waals surface area contributed by atoms with Crippen molar-refractivity contribution in [3.63, 3.8) is 0 Å². The molecule has 1 rings (SSSR count). The minimum absolute atomic E-state index is 0.214. The van der Waals surface area contributed by atoms with Gasteiger partial charge in [-0.15, -0.1) is 0 Å². The Morgan fingerprint density at radius 2 is 2.00 bits per heavy atom. The molecule has 0 aliphatic rings. The number of aliphatic hydroxyl groups excluding tert-OH is 1. The number of benzene rings is 1. The third-order valence-electron chi connectivity index (χ3n) is 4.08. The molecule has 1 aromatic rings. The minimum atomic E-state index is -0.659.